The topological polar surface area (TPSA) is 88.0 Å². The molecule has 0 saturated heterocycles. The SMILES string of the molecule is CNc1cc2c(C)c(=O)n(-c3cc(NC(=O)Nc4ccc(F)cc4)c(F)cc3Cl)cc2cn1. The van der Waals surface area contributed by atoms with Gasteiger partial charge < -0.3 is 16.0 Å². The van der Waals surface area contributed by atoms with E-state index >= 15 is 0 Å². The molecule has 0 aliphatic carbocycles. The predicted molar refractivity (Wildman–Crippen MR) is 126 cm³/mol. The summed E-state index contributed by atoms with van der Waals surface area (Å²) in [4.78, 5) is 29.6. The maximum Gasteiger partial charge on any atom is 0.323 e. The Hall–Kier alpha value is -3.98. The Labute approximate surface area is 192 Å². The van der Waals surface area contributed by atoms with E-state index in [-0.39, 0.29) is 22.0 Å². The van der Waals surface area contributed by atoms with Crippen LogP contribution in [0, 0.1) is 18.6 Å². The molecule has 2 heterocycles. The van der Waals surface area contributed by atoms with Gasteiger partial charge in [-0.2, -0.15) is 0 Å². The van der Waals surface area contributed by atoms with Gasteiger partial charge in [0.1, 0.15) is 17.5 Å². The highest BCUT2D eigenvalue weighted by Gasteiger charge is 2.16. The van der Waals surface area contributed by atoms with Crippen molar-refractivity contribution in [2.75, 3.05) is 23.0 Å². The molecule has 2 amide bonds. The van der Waals surface area contributed by atoms with E-state index in [1.54, 1.807) is 32.4 Å². The second-order valence-corrected chi connectivity index (χ2v) is 7.61. The summed E-state index contributed by atoms with van der Waals surface area (Å²) < 4.78 is 28.9. The fourth-order valence-electron chi connectivity index (χ4n) is 3.34. The van der Waals surface area contributed by atoms with Gasteiger partial charge in [0.15, 0.2) is 0 Å². The number of hydrogen-bond donors (Lipinski definition) is 3. The van der Waals surface area contributed by atoms with Crippen LogP contribution in [0.1, 0.15) is 5.56 Å². The molecule has 0 radical (unpaired) electrons. The van der Waals surface area contributed by atoms with Gasteiger partial charge in [-0.25, -0.2) is 18.6 Å². The van der Waals surface area contributed by atoms with E-state index in [9.17, 15) is 18.4 Å². The zero-order valence-corrected chi connectivity index (χ0v) is 18.3. The molecular formula is C23H18ClF2N5O2. The first kappa shape index (κ1) is 22.2. The van der Waals surface area contributed by atoms with E-state index < -0.39 is 17.7 Å². The van der Waals surface area contributed by atoms with Crippen molar-refractivity contribution in [1.29, 1.82) is 0 Å². The summed E-state index contributed by atoms with van der Waals surface area (Å²) in [6.07, 6.45) is 3.16. The maximum absolute atomic E-state index is 14.5. The number of urea groups is 1. The summed E-state index contributed by atoms with van der Waals surface area (Å²) in [6.45, 7) is 1.67. The van der Waals surface area contributed by atoms with E-state index in [0.29, 0.717) is 27.8 Å². The molecule has 4 rings (SSSR count). The number of fused-ring (bicyclic) bond motifs is 1. The minimum Gasteiger partial charge on any atom is -0.373 e. The van der Waals surface area contributed by atoms with Gasteiger partial charge in [-0.05, 0) is 54.8 Å². The lowest BCUT2D eigenvalue weighted by Crippen LogP contribution is -2.22. The van der Waals surface area contributed by atoms with Crippen LogP contribution in [0.5, 0.6) is 0 Å². The van der Waals surface area contributed by atoms with Crippen molar-refractivity contribution < 1.29 is 13.6 Å². The molecular weight excluding hydrogens is 452 g/mol. The predicted octanol–water partition coefficient (Wildman–Crippen LogP) is 5.31. The number of anilines is 3. The first-order valence-corrected chi connectivity index (χ1v) is 10.2. The van der Waals surface area contributed by atoms with Gasteiger partial charge in [0.2, 0.25) is 0 Å². The van der Waals surface area contributed by atoms with Gasteiger partial charge in [0.25, 0.3) is 5.56 Å². The van der Waals surface area contributed by atoms with E-state index in [1.165, 1.54) is 34.9 Å². The smallest absolute Gasteiger partial charge is 0.323 e. The van der Waals surface area contributed by atoms with Crippen molar-refractivity contribution in [1.82, 2.24) is 9.55 Å². The second kappa shape index (κ2) is 8.87. The molecule has 0 unspecified atom stereocenters. The van der Waals surface area contributed by atoms with Crippen LogP contribution < -0.4 is 21.5 Å². The normalized spacial score (nSPS) is 10.8. The summed E-state index contributed by atoms with van der Waals surface area (Å²) in [7, 11) is 1.73. The molecule has 0 aliphatic heterocycles. The fraction of sp³-hybridized carbons (Fsp3) is 0.0870. The lowest BCUT2D eigenvalue weighted by Gasteiger charge is -2.15. The number of carbonyl (C=O) groups excluding carboxylic acids is 1. The van der Waals surface area contributed by atoms with Gasteiger partial charge >= 0.3 is 6.03 Å². The van der Waals surface area contributed by atoms with Crippen molar-refractivity contribution in [2.24, 2.45) is 0 Å². The van der Waals surface area contributed by atoms with E-state index in [1.807, 2.05) is 0 Å². The minimum absolute atomic E-state index is 0.0161. The summed E-state index contributed by atoms with van der Waals surface area (Å²) in [6, 6.07) is 8.38. The van der Waals surface area contributed by atoms with Crippen LogP contribution in [0.4, 0.5) is 30.8 Å². The van der Waals surface area contributed by atoms with Crippen molar-refractivity contribution in [3.8, 4) is 5.69 Å². The Balaban J connectivity index is 1.72. The van der Waals surface area contributed by atoms with Gasteiger partial charge in [-0.1, -0.05) is 11.6 Å². The Morgan fingerprint density at radius 1 is 1.09 bits per heavy atom. The largest absolute Gasteiger partial charge is 0.373 e. The Kier molecular flexibility index (Phi) is 5.97. The van der Waals surface area contributed by atoms with Gasteiger partial charge in [-0.3, -0.25) is 9.36 Å². The highest BCUT2D eigenvalue weighted by Crippen LogP contribution is 2.28. The number of pyridine rings is 2. The number of hydrogen-bond acceptors (Lipinski definition) is 4. The number of halogens is 3. The van der Waals surface area contributed by atoms with Gasteiger partial charge in [0, 0.05) is 36.1 Å². The Morgan fingerprint density at radius 2 is 1.82 bits per heavy atom. The lowest BCUT2D eigenvalue weighted by atomic mass is 10.1. The first-order valence-electron chi connectivity index (χ1n) is 9.79. The van der Waals surface area contributed by atoms with Crippen molar-refractivity contribution >= 4 is 45.6 Å². The number of aryl methyl sites for hydroxylation is 1. The Bertz CT molecular complexity index is 1440. The first-order chi connectivity index (χ1) is 15.8. The van der Waals surface area contributed by atoms with Crippen LogP contribution >= 0.6 is 11.6 Å². The maximum atomic E-state index is 14.5. The molecule has 4 aromatic rings. The van der Waals surface area contributed by atoms with Crippen LogP contribution in [-0.2, 0) is 0 Å². The molecule has 2 aromatic carbocycles. The van der Waals surface area contributed by atoms with Crippen molar-refractivity contribution in [3.05, 3.63) is 87.4 Å². The number of nitrogens with zero attached hydrogens (tertiary/aromatic N) is 2. The third kappa shape index (κ3) is 4.49. The fourth-order valence-corrected chi connectivity index (χ4v) is 3.58. The number of amides is 2. The van der Waals surface area contributed by atoms with E-state index in [4.69, 9.17) is 11.6 Å². The highest BCUT2D eigenvalue weighted by molar-refractivity contribution is 6.32. The van der Waals surface area contributed by atoms with Crippen molar-refractivity contribution in [2.45, 2.75) is 6.92 Å². The standard InChI is InChI=1S/C23H18ClF2N5O2/c1-12-16-7-21(27-2)28-10-13(16)11-31(22(12)32)20-9-19(18(26)8-17(20)24)30-23(33)29-15-5-3-14(25)4-6-15/h3-11,27H,1-2H3,(H2,29,30,33). The minimum atomic E-state index is -0.788. The number of carbonyl (C=O) groups is 1. The lowest BCUT2D eigenvalue weighted by molar-refractivity contribution is 0.262. The molecule has 0 spiro atoms. The number of nitrogens with one attached hydrogen (secondary N) is 3. The molecule has 33 heavy (non-hydrogen) atoms. The zero-order valence-electron chi connectivity index (χ0n) is 17.5. The Morgan fingerprint density at radius 3 is 2.52 bits per heavy atom. The number of benzene rings is 2. The molecule has 168 valence electrons. The second-order valence-electron chi connectivity index (χ2n) is 7.21. The molecule has 0 bridgehead atoms. The molecule has 0 atom stereocenters. The summed E-state index contributed by atoms with van der Waals surface area (Å²) in [5.41, 5.74) is 0.407. The monoisotopic (exact) mass is 469 g/mol. The third-order valence-electron chi connectivity index (χ3n) is 5.05. The molecule has 7 nitrogen and oxygen atoms in total. The molecule has 0 fully saturated rings. The number of aromatic nitrogens is 2. The van der Waals surface area contributed by atoms with E-state index in [0.717, 1.165) is 6.07 Å². The summed E-state index contributed by atoms with van der Waals surface area (Å²) in [5.74, 6) is -0.632. The quantitative estimate of drug-likeness (QED) is 0.378. The summed E-state index contributed by atoms with van der Waals surface area (Å²) >= 11 is 6.25. The molecule has 0 saturated carbocycles. The van der Waals surface area contributed by atoms with Crippen LogP contribution in [-0.4, -0.2) is 22.6 Å². The highest BCUT2D eigenvalue weighted by atomic mass is 35.5. The summed E-state index contributed by atoms with van der Waals surface area (Å²) in [5, 5.41) is 9.16. The van der Waals surface area contributed by atoms with Gasteiger partial charge in [0.05, 0.1) is 16.4 Å². The van der Waals surface area contributed by atoms with Crippen LogP contribution in [0.15, 0.2) is 59.7 Å². The van der Waals surface area contributed by atoms with Gasteiger partial charge in [-0.15, -0.1) is 0 Å². The van der Waals surface area contributed by atoms with Crippen LogP contribution in [0.25, 0.3) is 16.5 Å². The van der Waals surface area contributed by atoms with E-state index in [2.05, 4.69) is 20.9 Å². The van der Waals surface area contributed by atoms with Crippen molar-refractivity contribution in [3.63, 3.8) is 0 Å². The average molecular weight is 470 g/mol. The number of rotatable bonds is 4. The zero-order chi connectivity index (χ0) is 23.7. The molecule has 2 aromatic heterocycles. The van der Waals surface area contributed by atoms with Crippen LogP contribution in [0.3, 0.4) is 0 Å². The molecule has 0 aliphatic rings. The molecule has 10 heteroatoms. The average Bonchev–Trinajstić information content (AvgIpc) is 2.79. The van der Waals surface area contributed by atoms with Crippen LogP contribution in [0.2, 0.25) is 5.02 Å². The third-order valence-corrected chi connectivity index (χ3v) is 5.35. The molecule has 3 N–H and O–H groups in total.